The van der Waals surface area contributed by atoms with E-state index >= 15 is 0 Å². The lowest BCUT2D eigenvalue weighted by Crippen LogP contribution is -2.03. The maximum Gasteiger partial charge on any atom is 0.358 e. The van der Waals surface area contributed by atoms with Crippen LogP contribution in [0.3, 0.4) is 0 Å². The highest BCUT2D eigenvalue weighted by molar-refractivity contribution is 5.89. The molecule has 0 bridgehead atoms. The molecule has 0 fully saturated rings. The molecule has 3 N–H and O–H groups in total. The smallest absolute Gasteiger partial charge is 0.358 e. The van der Waals surface area contributed by atoms with E-state index in [-0.39, 0.29) is 5.82 Å². The number of nitrogens with zero attached hydrogens (tertiary/aromatic N) is 4. The van der Waals surface area contributed by atoms with Crippen molar-refractivity contribution in [3.63, 3.8) is 0 Å². The Hall–Kier alpha value is -2.51. The molecule has 2 aromatic heterocycles. The molecular weight excluding hydrogens is 214 g/mol. The summed E-state index contributed by atoms with van der Waals surface area (Å²) in [5.74, 6) is -1.44. The number of aromatic hydroxyl groups is 1. The van der Waals surface area contributed by atoms with Crippen LogP contribution in [-0.4, -0.2) is 41.8 Å². The number of aromatic nitrogens is 5. The van der Waals surface area contributed by atoms with Gasteiger partial charge in [0.1, 0.15) is 0 Å². The van der Waals surface area contributed by atoms with E-state index in [0.717, 1.165) is 0 Å². The Bertz CT molecular complexity index is 537. The predicted octanol–water partition coefficient (Wildman–Crippen LogP) is -0.0261. The van der Waals surface area contributed by atoms with Crippen LogP contribution in [0.1, 0.15) is 16.1 Å². The van der Waals surface area contributed by atoms with Crippen molar-refractivity contribution in [1.29, 1.82) is 0 Å². The highest BCUT2D eigenvalue weighted by Crippen LogP contribution is 2.28. The van der Waals surface area contributed by atoms with Crippen molar-refractivity contribution in [2.24, 2.45) is 0 Å². The Morgan fingerprint density at radius 2 is 2.25 bits per heavy atom. The van der Waals surface area contributed by atoms with E-state index < -0.39 is 17.4 Å². The molecule has 0 spiro atoms. The zero-order chi connectivity index (χ0) is 11.7. The molecule has 0 radical (unpaired) electrons. The molecule has 0 aliphatic rings. The Labute approximate surface area is 89.0 Å². The van der Waals surface area contributed by atoms with E-state index in [4.69, 9.17) is 5.11 Å². The normalized spacial score (nSPS) is 10.3. The fourth-order valence-corrected chi connectivity index (χ4v) is 1.25. The van der Waals surface area contributed by atoms with Crippen molar-refractivity contribution in [3.8, 4) is 17.1 Å². The summed E-state index contributed by atoms with van der Waals surface area (Å²) in [6, 6.07) is 0. The molecule has 0 saturated heterocycles. The SMILES string of the molecule is Cc1c(-c2nn[nH]n2)cnc(C(=O)O)c1O. The van der Waals surface area contributed by atoms with Gasteiger partial charge in [-0.3, -0.25) is 0 Å². The van der Waals surface area contributed by atoms with Gasteiger partial charge in [-0.25, -0.2) is 9.78 Å². The van der Waals surface area contributed by atoms with Gasteiger partial charge in [-0.05, 0) is 12.1 Å². The molecule has 0 saturated carbocycles. The van der Waals surface area contributed by atoms with Gasteiger partial charge in [-0.2, -0.15) is 5.21 Å². The largest absolute Gasteiger partial charge is 0.505 e. The van der Waals surface area contributed by atoms with Crippen LogP contribution in [0.5, 0.6) is 5.75 Å². The van der Waals surface area contributed by atoms with Crippen LogP contribution in [-0.2, 0) is 0 Å². The van der Waals surface area contributed by atoms with Crippen LogP contribution in [0.4, 0.5) is 0 Å². The van der Waals surface area contributed by atoms with Gasteiger partial charge in [0.05, 0.1) is 0 Å². The standard InChI is InChI=1S/C8H7N5O3/c1-3-4(7-10-12-13-11-7)2-9-5(6(3)14)8(15)16/h2,14H,1H3,(H,15,16)(H,10,11,12,13). The van der Waals surface area contributed by atoms with Crippen molar-refractivity contribution < 1.29 is 15.0 Å². The average Bonchev–Trinajstić information content (AvgIpc) is 2.74. The second-order valence-corrected chi connectivity index (χ2v) is 3.03. The predicted molar refractivity (Wildman–Crippen MR) is 50.8 cm³/mol. The first kappa shape index (κ1) is 10.0. The number of nitrogens with one attached hydrogen (secondary N) is 1. The quantitative estimate of drug-likeness (QED) is 0.650. The summed E-state index contributed by atoms with van der Waals surface area (Å²) in [6.45, 7) is 1.55. The second kappa shape index (κ2) is 3.57. The van der Waals surface area contributed by atoms with Crippen LogP contribution in [0.2, 0.25) is 0 Å². The Kier molecular flexibility index (Phi) is 2.24. The lowest BCUT2D eigenvalue weighted by molar-refractivity contribution is 0.0687. The highest BCUT2D eigenvalue weighted by Gasteiger charge is 2.18. The summed E-state index contributed by atoms with van der Waals surface area (Å²) < 4.78 is 0. The summed E-state index contributed by atoms with van der Waals surface area (Å²) in [5.41, 5.74) is 0.370. The van der Waals surface area contributed by atoms with Gasteiger partial charge in [0.2, 0.25) is 5.82 Å². The van der Waals surface area contributed by atoms with Gasteiger partial charge in [0.15, 0.2) is 11.4 Å². The third kappa shape index (κ3) is 1.45. The molecule has 8 nitrogen and oxygen atoms in total. The van der Waals surface area contributed by atoms with E-state index in [1.807, 2.05) is 0 Å². The highest BCUT2D eigenvalue weighted by atomic mass is 16.4. The van der Waals surface area contributed by atoms with E-state index in [1.165, 1.54) is 6.20 Å². The van der Waals surface area contributed by atoms with Gasteiger partial charge in [0.25, 0.3) is 0 Å². The van der Waals surface area contributed by atoms with E-state index in [2.05, 4.69) is 25.6 Å². The molecular formula is C8H7N5O3. The summed E-state index contributed by atoms with van der Waals surface area (Å²) in [6.07, 6.45) is 1.28. The molecule has 2 aromatic rings. The van der Waals surface area contributed by atoms with E-state index in [0.29, 0.717) is 11.1 Å². The zero-order valence-electron chi connectivity index (χ0n) is 8.17. The van der Waals surface area contributed by atoms with Gasteiger partial charge in [0, 0.05) is 17.3 Å². The lowest BCUT2D eigenvalue weighted by Gasteiger charge is -2.05. The van der Waals surface area contributed by atoms with Crippen LogP contribution < -0.4 is 0 Å². The first-order chi connectivity index (χ1) is 7.61. The molecule has 2 rings (SSSR count). The van der Waals surface area contributed by atoms with Crippen molar-refractivity contribution >= 4 is 5.97 Å². The van der Waals surface area contributed by atoms with Crippen molar-refractivity contribution in [1.82, 2.24) is 25.6 Å². The number of H-pyrrole nitrogens is 1. The minimum absolute atomic E-state index is 0.247. The number of carboxylic acid groups (broad SMARTS) is 1. The topological polar surface area (TPSA) is 125 Å². The Morgan fingerprint density at radius 3 is 2.81 bits per heavy atom. The Morgan fingerprint density at radius 1 is 1.50 bits per heavy atom. The summed E-state index contributed by atoms with van der Waals surface area (Å²) >= 11 is 0. The van der Waals surface area contributed by atoms with Crippen LogP contribution in [0.25, 0.3) is 11.4 Å². The van der Waals surface area contributed by atoms with Crippen molar-refractivity contribution in [2.45, 2.75) is 6.92 Å². The average molecular weight is 221 g/mol. The fraction of sp³-hybridized carbons (Fsp3) is 0.125. The number of rotatable bonds is 2. The van der Waals surface area contributed by atoms with Crippen LogP contribution in [0, 0.1) is 6.92 Å². The maximum atomic E-state index is 10.7. The summed E-state index contributed by atoms with van der Waals surface area (Å²) in [4.78, 5) is 14.3. The summed E-state index contributed by atoms with van der Waals surface area (Å²) in [5, 5.41) is 31.4. The third-order valence-corrected chi connectivity index (χ3v) is 2.10. The molecule has 82 valence electrons. The first-order valence-electron chi connectivity index (χ1n) is 4.27. The van der Waals surface area contributed by atoms with Crippen molar-refractivity contribution in [3.05, 3.63) is 17.5 Å². The summed E-state index contributed by atoms with van der Waals surface area (Å²) in [7, 11) is 0. The number of carbonyl (C=O) groups is 1. The van der Waals surface area contributed by atoms with E-state index in [1.54, 1.807) is 6.92 Å². The maximum absolute atomic E-state index is 10.7. The van der Waals surface area contributed by atoms with Gasteiger partial charge in [-0.1, -0.05) is 0 Å². The number of pyridine rings is 1. The first-order valence-corrected chi connectivity index (χ1v) is 4.27. The molecule has 16 heavy (non-hydrogen) atoms. The molecule has 0 aliphatic heterocycles. The van der Waals surface area contributed by atoms with Gasteiger partial charge < -0.3 is 10.2 Å². The number of tetrazole rings is 1. The minimum atomic E-state index is -1.29. The number of aromatic amines is 1. The fourth-order valence-electron chi connectivity index (χ4n) is 1.25. The number of carboxylic acids is 1. The minimum Gasteiger partial charge on any atom is -0.505 e. The number of aromatic carboxylic acids is 1. The third-order valence-electron chi connectivity index (χ3n) is 2.10. The molecule has 0 atom stereocenters. The molecule has 0 aliphatic carbocycles. The van der Waals surface area contributed by atoms with Crippen molar-refractivity contribution in [2.75, 3.05) is 0 Å². The van der Waals surface area contributed by atoms with E-state index in [9.17, 15) is 9.90 Å². The Balaban J connectivity index is 2.60. The number of hydrogen-bond donors (Lipinski definition) is 3. The molecule has 8 heteroatoms. The van der Waals surface area contributed by atoms with Crippen LogP contribution >= 0.6 is 0 Å². The monoisotopic (exact) mass is 221 g/mol. The molecule has 0 unspecified atom stereocenters. The number of hydrogen-bond acceptors (Lipinski definition) is 6. The second-order valence-electron chi connectivity index (χ2n) is 3.03. The molecule has 0 aromatic carbocycles. The van der Waals surface area contributed by atoms with Gasteiger partial charge in [-0.15, -0.1) is 10.2 Å². The van der Waals surface area contributed by atoms with Crippen LogP contribution in [0.15, 0.2) is 6.20 Å². The van der Waals surface area contributed by atoms with Gasteiger partial charge >= 0.3 is 5.97 Å². The zero-order valence-corrected chi connectivity index (χ0v) is 8.17. The molecule has 2 heterocycles. The lowest BCUT2D eigenvalue weighted by atomic mass is 10.1. The molecule has 0 amide bonds.